The second kappa shape index (κ2) is 6.08. The lowest BCUT2D eigenvalue weighted by atomic mass is 10.1. The van der Waals surface area contributed by atoms with Gasteiger partial charge in [0, 0.05) is 11.8 Å². The molecule has 0 amide bonds. The number of hydrogen-bond acceptors (Lipinski definition) is 5. The minimum Gasteiger partial charge on any atom is -0.470 e. The predicted octanol–water partition coefficient (Wildman–Crippen LogP) is 3.07. The molecule has 0 bridgehead atoms. The summed E-state index contributed by atoms with van der Waals surface area (Å²) in [5.41, 5.74) is 3.44. The monoisotopic (exact) mass is 317 g/mol. The van der Waals surface area contributed by atoms with E-state index in [0.717, 1.165) is 16.8 Å². The molecule has 0 aliphatic heterocycles. The fourth-order valence-corrected chi connectivity index (χ4v) is 2.48. The zero-order chi connectivity index (χ0) is 16.4. The van der Waals surface area contributed by atoms with Crippen LogP contribution in [-0.2, 0) is 6.61 Å². The summed E-state index contributed by atoms with van der Waals surface area (Å²) >= 11 is 0. The van der Waals surface area contributed by atoms with Crippen LogP contribution in [-0.4, -0.2) is 24.8 Å². The number of nitrogens with zero attached hydrogens (tertiary/aromatic N) is 5. The molecule has 1 aromatic carbocycles. The van der Waals surface area contributed by atoms with Gasteiger partial charge in [0.05, 0.1) is 5.69 Å². The molecule has 0 N–H and O–H groups in total. The van der Waals surface area contributed by atoms with Crippen LogP contribution in [0.1, 0.15) is 11.5 Å². The molecular formula is C18H15N5O. The molecule has 6 heteroatoms. The van der Waals surface area contributed by atoms with E-state index >= 15 is 0 Å². The first-order chi connectivity index (χ1) is 11.8. The second-order valence-corrected chi connectivity index (χ2v) is 5.36. The van der Waals surface area contributed by atoms with Crippen molar-refractivity contribution in [3.63, 3.8) is 0 Å². The van der Waals surface area contributed by atoms with Crippen LogP contribution in [0.2, 0.25) is 0 Å². The Labute approximate surface area is 138 Å². The van der Waals surface area contributed by atoms with Gasteiger partial charge in [-0.2, -0.15) is 4.52 Å². The number of aromatic nitrogens is 5. The zero-order valence-electron chi connectivity index (χ0n) is 13.1. The lowest BCUT2D eigenvalue weighted by Gasteiger charge is -2.11. The first-order valence-electron chi connectivity index (χ1n) is 7.62. The number of hydrogen-bond donors (Lipinski definition) is 0. The van der Waals surface area contributed by atoms with Crippen LogP contribution in [0.25, 0.3) is 16.8 Å². The van der Waals surface area contributed by atoms with E-state index < -0.39 is 0 Å². The van der Waals surface area contributed by atoms with E-state index in [2.05, 4.69) is 20.3 Å². The summed E-state index contributed by atoms with van der Waals surface area (Å²) in [5.74, 6) is 1.24. The number of pyridine rings is 1. The van der Waals surface area contributed by atoms with Gasteiger partial charge in [0.25, 0.3) is 0 Å². The maximum atomic E-state index is 5.96. The van der Waals surface area contributed by atoms with Crippen LogP contribution in [0.3, 0.4) is 0 Å². The van der Waals surface area contributed by atoms with Gasteiger partial charge in [0.2, 0.25) is 5.88 Å². The third-order valence-electron chi connectivity index (χ3n) is 3.68. The molecule has 0 atom stereocenters. The van der Waals surface area contributed by atoms with E-state index in [1.165, 1.54) is 0 Å². The van der Waals surface area contributed by atoms with Crippen molar-refractivity contribution in [2.45, 2.75) is 13.5 Å². The van der Waals surface area contributed by atoms with Crippen LogP contribution in [0.5, 0.6) is 5.88 Å². The van der Waals surface area contributed by atoms with Gasteiger partial charge < -0.3 is 4.74 Å². The Balaban J connectivity index is 1.77. The molecule has 0 fully saturated rings. The number of fused-ring (bicyclic) bond motifs is 1. The maximum absolute atomic E-state index is 5.96. The fraction of sp³-hybridized carbons (Fsp3) is 0.111. The van der Waals surface area contributed by atoms with Crippen molar-refractivity contribution < 1.29 is 4.74 Å². The van der Waals surface area contributed by atoms with Gasteiger partial charge in [0.1, 0.15) is 6.61 Å². The fourth-order valence-electron chi connectivity index (χ4n) is 2.48. The number of aryl methyl sites for hydroxylation is 1. The molecule has 0 saturated carbocycles. The number of rotatable bonds is 4. The first-order valence-corrected chi connectivity index (χ1v) is 7.62. The Morgan fingerprint density at radius 2 is 1.83 bits per heavy atom. The van der Waals surface area contributed by atoms with Crippen molar-refractivity contribution in [3.8, 4) is 17.0 Å². The Bertz CT molecular complexity index is 967. The van der Waals surface area contributed by atoms with Gasteiger partial charge in [-0.3, -0.25) is 4.98 Å². The van der Waals surface area contributed by atoms with Crippen molar-refractivity contribution in [2.75, 3.05) is 0 Å². The molecule has 118 valence electrons. The highest BCUT2D eigenvalue weighted by Gasteiger charge is 2.13. The summed E-state index contributed by atoms with van der Waals surface area (Å²) in [7, 11) is 0. The van der Waals surface area contributed by atoms with Gasteiger partial charge in [0.15, 0.2) is 11.5 Å². The van der Waals surface area contributed by atoms with Crippen LogP contribution >= 0.6 is 0 Å². The summed E-state index contributed by atoms with van der Waals surface area (Å²) in [6, 6.07) is 17.7. The minimum atomic E-state index is 0.348. The smallest absolute Gasteiger partial charge is 0.240 e. The van der Waals surface area contributed by atoms with Crippen molar-refractivity contribution in [2.24, 2.45) is 0 Å². The van der Waals surface area contributed by atoms with Gasteiger partial charge in [-0.05, 0) is 30.7 Å². The summed E-state index contributed by atoms with van der Waals surface area (Å²) in [6.07, 6.45) is 1.75. The van der Waals surface area contributed by atoms with Crippen molar-refractivity contribution >= 4 is 5.65 Å². The molecule has 4 aromatic rings. The molecule has 6 nitrogen and oxygen atoms in total. The summed E-state index contributed by atoms with van der Waals surface area (Å²) < 4.78 is 7.64. The number of ether oxygens (including phenoxy) is 1. The van der Waals surface area contributed by atoms with Crippen molar-refractivity contribution in [1.29, 1.82) is 0 Å². The summed E-state index contributed by atoms with van der Waals surface area (Å²) in [5, 5.41) is 12.8. The van der Waals surface area contributed by atoms with E-state index in [0.29, 0.717) is 24.0 Å². The molecule has 24 heavy (non-hydrogen) atoms. The molecular weight excluding hydrogens is 302 g/mol. The van der Waals surface area contributed by atoms with E-state index in [1.54, 1.807) is 10.7 Å². The SMILES string of the molecule is Cc1nnc2cc(-c3ccccc3)c(OCc3ccccn3)nn12. The largest absolute Gasteiger partial charge is 0.470 e. The van der Waals surface area contributed by atoms with Crippen LogP contribution in [0.4, 0.5) is 0 Å². The average molecular weight is 317 g/mol. The molecule has 4 rings (SSSR count). The Hall–Kier alpha value is -3.28. The number of benzene rings is 1. The van der Waals surface area contributed by atoms with Gasteiger partial charge in [-0.15, -0.1) is 15.3 Å². The first kappa shape index (κ1) is 14.3. The van der Waals surface area contributed by atoms with Crippen LogP contribution in [0.15, 0.2) is 60.8 Å². The molecule has 0 aliphatic rings. The lowest BCUT2D eigenvalue weighted by molar-refractivity contribution is 0.286. The molecule has 0 spiro atoms. The molecule has 0 saturated heterocycles. The average Bonchev–Trinajstić information content (AvgIpc) is 3.01. The maximum Gasteiger partial charge on any atom is 0.240 e. The Morgan fingerprint density at radius 3 is 2.62 bits per heavy atom. The highest BCUT2D eigenvalue weighted by atomic mass is 16.5. The van der Waals surface area contributed by atoms with E-state index in [9.17, 15) is 0 Å². The Kier molecular flexibility index (Phi) is 3.63. The highest BCUT2D eigenvalue weighted by molar-refractivity contribution is 5.71. The van der Waals surface area contributed by atoms with Crippen molar-refractivity contribution in [1.82, 2.24) is 24.8 Å². The third kappa shape index (κ3) is 2.69. The van der Waals surface area contributed by atoms with Gasteiger partial charge in [-0.25, -0.2) is 0 Å². The third-order valence-corrected chi connectivity index (χ3v) is 3.68. The normalized spacial score (nSPS) is 10.9. The highest BCUT2D eigenvalue weighted by Crippen LogP contribution is 2.29. The second-order valence-electron chi connectivity index (χ2n) is 5.36. The molecule has 3 aromatic heterocycles. The van der Waals surface area contributed by atoms with Crippen LogP contribution < -0.4 is 4.74 Å². The lowest BCUT2D eigenvalue weighted by Crippen LogP contribution is -2.04. The molecule has 0 aliphatic carbocycles. The topological polar surface area (TPSA) is 65.2 Å². The van der Waals surface area contributed by atoms with Crippen LogP contribution in [0, 0.1) is 6.92 Å². The molecule has 0 radical (unpaired) electrons. The summed E-state index contributed by atoms with van der Waals surface area (Å²) in [4.78, 5) is 4.28. The molecule has 0 unspecified atom stereocenters. The molecule has 3 heterocycles. The van der Waals surface area contributed by atoms with Crippen molar-refractivity contribution in [3.05, 3.63) is 72.3 Å². The quantitative estimate of drug-likeness (QED) is 0.579. The van der Waals surface area contributed by atoms with Gasteiger partial charge >= 0.3 is 0 Å². The van der Waals surface area contributed by atoms with E-state index in [-0.39, 0.29) is 0 Å². The Morgan fingerprint density at radius 1 is 1.00 bits per heavy atom. The summed E-state index contributed by atoms with van der Waals surface area (Å²) in [6.45, 7) is 2.21. The van der Waals surface area contributed by atoms with E-state index in [4.69, 9.17) is 4.74 Å². The predicted molar refractivity (Wildman–Crippen MR) is 89.5 cm³/mol. The minimum absolute atomic E-state index is 0.348. The van der Waals surface area contributed by atoms with Gasteiger partial charge in [-0.1, -0.05) is 36.4 Å². The zero-order valence-corrected chi connectivity index (χ0v) is 13.1. The van der Waals surface area contributed by atoms with E-state index in [1.807, 2.05) is 61.5 Å². The standard InChI is InChI=1S/C18H15N5O/c1-13-20-21-17-11-16(14-7-3-2-4-8-14)18(22-23(13)17)24-12-15-9-5-6-10-19-15/h2-11H,12H2,1H3.